The minimum absolute atomic E-state index is 0.0205. The third-order valence-corrected chi connectivity index (χ3v) is 3.21. The molecule has 0 saturated carbocycles. The number of benzene rings is 1. The van der Waals surface area contributed by atoms with Gasteiger partial charge in [0.25, 0.3) is 0 Å². The molecule has 1 aromatic carbocycles. The summed E-state index contributed by atoms with van der Waals surface area (Å²) in [5, 5.41) is 12.6. The fraction of sp³-hybridized carbons (Fsp3) is 0.500. The molecular formula is C12H15ClFNO2. The van der Waals surface area contributed by atoms with E-state index in [9.17, 15) is 9.50 Å². The van der Waals surface area contributed by atoms with Gasteiger partial charge in [0.05, 0.1) is 17.7 Å². The Balaban J connectivity index is 2.25. The fourth-order valence-corrected chi connectivity index (χ4v) is 2.20. The zero-order chi connectivity index (χ0) is 12.3. The van der Waals surface area contributed by atoms with Gasteiger partial charge in [-0.15, -0.1) is 0 Å². The van der Waals surface area contributed by atoms with Crippen LogP contribution < -0.4 is 5.32 Å². The first kappa shape index (κ1) is 12.8. The van der Waals surface area contributed by atoms with Gasteiger partial charge in [0, 0.05) is 25.6 Å². The average molecular weight is 260 g/mol. The molecule has 5 heteroatoms. The Morgan fingerprint density at radius 1 is 1.53 bits per heavy atom. The van der Waals surface area contributed by atoms with Gasteiger partial charge in [-0.2, -0.15) is 0 Å². The molecule has 0 amide bonds. The summed E-state index contributed by atoms with van der Waals surface area (Å²) in [4.78, 5) is 0. The maximum absolute atomic E-state index is 13.1. The Labute approximate surface area is 105 Å². The van der Waals surface area contributed by atoms with E-state index < -0.39 is 5.82 Å². The van der Waals surface area contributed by atoms with Crippen molar-refractivity contribution in [3.05, 3.63) is 34.6 Å². The molecule has 1 aliphatic heterocycles. The molecule has 1 aliphatic rings. The number of rotatable bonds is 2. The molecule has 0 aliphatic carbocycles. The van der Waals surface area contributed by atoms with Crippen molar-refractivity contribution in [2.45, 2.75) is 6.10 Å². The fourth-order valence-electron chi connectivity index (χ4n) is 2.01. The van der Waals surface area contributed by atoms with Gasteiger partial charge in [0.1, 0.15) is 5.82 Å². The van der Waals surface area contributed by atoms with E-state index in [0.29, 0.717) is 13.2 Å². The van der Waals surface area contributed by atoms with E-state index in [4.69, 9.17) is 16.3 Å². The van der Waals surface area contributed by atoms with Crippen LogP contribution in [0.4, 0.5) is 4.39 Å². The predicted molar refractivity (Wildman–Crippen MR) is 63.5 cm³/mol. The van der Waals surface area contributed by atoms with Crippen LogP contribution >= 0.6 is 11.6 Å². The van der Waals surface area contributed by atoms with Gasteiger partial charge in [-0.05, 0) is 17.7 Å². The lowest BCUT2D eigenvalue weighted by atomic mass is 9.96. The van der Waals surface area contributed by atoms with E-state index in [1.165, 1.54) is 6.07 Å². The molecule has 94 valence electrons. The maximum Gasteiger partial charge on any atom is 0.141 e. The normalized spacial score (nSPS) is 25.6. The number of hydrogen-bond acceptors (Lipinski definition) is 3. The van der Waals surface area contributed by atoms with Gasteiger partial charge in [0.15, 0.2) is 0 Å². The largest absolute Gasteiger partial charge is 0.396 e. The molecule has 1 fully saturated rings. The molecule has 1 heterocycles. The number of aliphatic hydroxyl groups excluding tert-OH is 1. The van der Waals surface area contributed by atoms with Crippen molar-refractivity contribution in [3.8, 4) is 0 Å². The average Bonchev–Trinajstić information content (AvgIpc) is 2.57. The van der Waals surface area contributed by atoms with Gasteiger partial charge in [0.2, 0.25) is 0 Å². The van der Waals surface area contributed by atoms with Crippen molar-refractivity contribution in [3.63, 3.8) is 0 Å². The summed E-state index contributed by atoms with van der Waals surface area (Å²) in [5.41, 5.74) is 0.805. The van der Waals surface area contributed by atoms with Crippen molar-refractivity contribution in [1.82, 2.24) is 5.32 Å². The van der Waals surface area contributed by atoms with Crippen LogP contribution in [0.1, 0.15) is 11.7 Å². The highest BCUT2D eigenvalue weighted by molar-refractivity contribution is 6.30. The molecule has 3 nitrogen and oxygen atoms in total. The van der Waals surface area contributed by atoms with E-state index in [1.54, 1.807) is 12.1 Å². The van der Waals surface area contributed by atoms with Crippen LogP contribution in [0.5, 0.6) is 0 Å². The quantitative estimate of drug-likeness (QED) is 0.850. The second-order valence-electron chi connectivity index (χ2n) is 4.11. The molecule has 2 rings (SSSR count). The van der Waals surface area contributed by atoms with Gasteiger partial charge < -0.3 is 15.2 Å². The molecule has 17 heavy (non-hydrogen) atoms. The van der Waals surface area contributed by atoms with E-state index in [0.717, 1.165) is 12.1 Å². The molecule has 1 saturated heterocycles. The van der Waals surface area contributed by atoms with Crippen molar-refractivity contribution in [2.24, 2.45) is 5.92 Å². The Kier molecular flexibility index (Phi) is 4.34. The highest BCUT2D eigenvalue weighted by Crippen LogP contribution is 2.29. The Morgan fingerprint density at radius 3 is 3.06 bits per heavy atom. The molecule has 1 unspecified atom stereocenters. The van der Waals surface area contributed by atoms with Gasteiger partial charge >= 0.3 is 0 Å². The smallest absolute Gasteiger partial charge is 0.141 e. The van der Waals surface area contributed by atoms with Crippen molar-refractivity contribution < 1.29 is 14.2 Å². The van der Waals surface area contributed by atoms with E-state index in [-0.39, 0.29) is 23.7 Å². The molecule has 0 spiro atoms. The second kappa shape index (κ2) is 5.78. The van der Waals surface area contributed by atoms with Crippen LogP contribution in [0, 0.1) is 11.7 Å². The standard InChI is InChI=1S/C12H15ClFNO2/c13-10-5-8(1-2-11(10)14)12-9(7-16)6-15-3-4-17-12/h1-2,5,9,12,15-16H,3-4,6-7H2/t9-,12?/m0/s1. The first-order chi connectivity index (χ1) is 8.22. The molecule has 0 radical (unpaired) electrons. The first-order valence-corrected chi connectivity index (χ1v) is 5.98. The molecule has 0 bridgehead atoms. The lowest BCUT2D eigenvalue weighted by molar-refractivity contribution is 0.0115. The van der Waals surface area contributed by atoms with Gasteiger partial charge in [-0.1, -0.05) is 17.7 Å². The van der Waals surface area contributed by atoms with Crippen LogP contribution in [0.3, 0.4) is 0 Å². The summed E-state index contributed by atoms with van der Waals surface area (Å²) < 4.78 is 18.8. The van der Waals surface area contributed by atoms with Gasteiger partial charge in [-0.3, -0.25) is 0 Å². The predicted octanol–water partition coefficient (Wildman–Crippen LogP) is 1.75. The summed E-state index contributed by atoms with van der Waals surface area (Å²) in [6.07, 6.45) is -0.243. The van der Waals surface area contributed by atoms with Crippen molar-refractivity contribution in [2.75, 3.05) is 26.3 Å². The lowest BCUT2D eigenvalue weighted by Gasteiger charge is -2.23. The summed E-state index contributed by atoms with van der Waals surface area (Å²) in [6.45, 7) is 2.01. The van der Waals surface area contributed by atoms with Crippen LogP contribution in [0.2, 0.25) is 5.02 Å². The number of ether oxygens (including phenoxy) is 1. The molecule has 1 aromatic rings. The molecule has 0 aromatic heterocycles. The summed E-state index contributed by atoms with van der Waals surface area (Å²) in [6, 6.07) is 4.54. The van der Waals surface area contributed by atoms with Crippen molar-refractivity contribution >= 4 is 11.6 Å². The third-order valence-electron chi connectivity index (χ3n) is 2.92. The molecule has 2 atom stereocenters. The zero-order valence-corrected chi connectivity index (χ0v) is 10.1. The monoisotopic (exact) mass is 259 g/mol. The summed E-state index contributed by atoms with van der Waals surface area (Å²) in [5.74, 6) is -0.485. The van der Waals surface area contributed by atoms with E-state index in [1.807, 2.05) is 0 Å². The topological polar surface area (TPSA) is 41.5 Å². The number of halogens is 2. The minimum Gasteiger partial charge on any atom is -0.396 e. The van der Waals surface area contributed by atoms with Crippen LogP contribution in [-0.4, -0.2) is 31.4 Å². The van der Waals surface area contributed by atoms with E-state index in [2.05, 4.69) is 5.32 Å². The number of nitrogens with one attached hydrogen (secondary N) is 1. The highest BCUT2D eigenvalue weighted by atomic mass is 35.5. The molecular weight excluding hydrogens is 245 g/mol. The van der Waals surface area contributed by atoms with Crippen LogP contribution in [0.25, 0.3) is 0 Å². The SMILES string of the molecule is OC[C@@H]1CNCCOC1c1ccc(F)c(Cl)c1. The highest BCUT2D eigenvalue weighted by Gasteiger charge is 2.25. The Hall–Kier alpha value is -0.680. The molecule has 2 N–H and O–H groups in total. The van der Waals surface area contributed by atoms with Gasteiger partial charge in [-0.25, -0.2) is 4.39 Å². The number of aliphatic hydroxyl groups is 1. The summed E-state index contributed by atoms with van der Waals surface area (Å²) >= 11 is 5.76. The second-order valence-corrected chi connectivity index (χ2v) is 4.52. The lowest BCUT2D eigenvalue weighted by Crippen LogP contribution is -2.27. The van der Waals surface area contributed by atoms with Crippen molar-refractivity contribution in [1.29, 1.82) is 0 Å². The van der Waals surface area contributed by atoms with Crippen LogP contribution in [0.15, 0.2) is 18.2 Å². The minimum atomic E-state index is -0.442. The summed E-state index contributed by atoms with van der Waals surface area (Å²) in [7, 11) is 0. The van der Waals surface area contributed by atoms with Crippen LogP contribution in [-0.2, 0) is 4.74 Å². The maximum atomic E-state index is 13.1. The number of hydrogen-bond donors (Lipinski definition) is 2. The Bertz CT molecular complexity index is 389. The Morgan fingerprint density at radius 2 is 2.35 bits per heavy atom. The third kappa shape index (κ3) is 2.96. The zero-order valence-electron chi connectivity index (χ0n) is 9.33. The first-order valence-electron chi connectivity index (χ1n) is 5.60. The van der Waals surface area contributed by atoms with E-state index >= 15 is 0 Å².